The van der Waals surface area contributed by atoms with Crippen LogP contribution in [0.5, 0.6) is 0 Å². The summed E-state index contributed by atoms with van der Waals surface area (Å²) in [6.45, 7) is 2.17. The summed E-state index contributed by atoms with van der Waals surface area (Å²) in [5.41, 5.74) is 7.18. The first kappa shape index (κ1) is 6.85. The summed E-state index contributed by atoms with van der Waals surface area (Å²) in [5.74, 6) is 0.609. The Bertz CT molecular complexity index is 279. The van der Waals surface area contributed by atoms with Gasteiger partial charge in [0.2, 0.25) is 0 Å². The number of nitrogens with two attached hydrogens (primary N) is 1. The zero-order valence-corrected chi connectivity index (χ0v) is 6.91. The molecule has 1 fully saturated rings. The average molecular weight is 151 g/mol. The predicted molar refractivity (Wildman–Crippen MR) is 42.9 cm³/mol. The standard InChI is InChI=1S/C8H13N3/c1-6-3-8(6,9)7-4-10-5-11(7)2/h4-6H,3,9H2,1-2H3. The topological polar surface area (TPSA) is 43.8 Å². The molecule has 0 aromatic carbocycles. The van der Waals surface area contributed by atoms with Gasteiger partial charge in [-0.3, -0.25) is 0 Å². The van der Waals surface area contributed by atoms with Crippen LogP contribution in [0.1, 0.15) is 19.0 Å². The maximum absolute atomic E-state index is 6.10. The Kier molecular flexibility index (Phi) is 1.16. The Morgan fingerprint density at radius 3 is 2.82 bits per heavy atom. The number of aryl methyl sites for hydroxylation is 1. The monoisotopic (exact) mass is 151 g/mol. The number of hydrogen-bond acceptors (Lipinski definition) is 2. The lowest BCUT2D eigenvalue weighted by molar-refractivity contribution is 0.608. The Balaban J connectivity index is 2.37. The molecular weight excluding hydrogens is 138 g/mol. The van der Waals surface area contributed by atoms with Gasteiger partial charge < -0.3 is 10.3 Å². The van der Waals surface area contributed by atoms with Crippen molar-refractivity contribution in [3.8, 4) is 0 Å². The summed E-state index contributed by atoms with van der Waals surface area (Å²) >= 11 is 0. The second-order valence-electron chi connectivity index (χ2n) is 3.54. The van der Waals surface area contributed by atoms with Crippen molar-refractivity contribution >= 4 is 0 Å². The number of aromatic nitrogens is 2. The maximum atomic E-state index is 6.10. The predicted octanol–water partition coefficient (Wildman–Crippen LogP) is 0.614. The van der Waals surface area contributed by atoms with Gasteiger partial charge in [-0.15, -0.1) is 0 Å². The number of imidazole rings is 1. The molecule has 1 aliphatic rings. The first-order chi connectivity index (χ1) is 5.14. The van der Waals surface area contributed by atoms with E-state index in [0.29, 0.717) is 5.92 Å². The SMILES string of the molecule is CC1CC1(N)c1cncn1C. The Morgan fingerprint density at radius 1 is 1.82 bits per heavy atom. The van der Waals surface area contributed by atoms with Crippen LogP contribution in [-0.2, 0) is 12.6 Å². The Hall–Kier alpha value is -0.830. The first-order valence-electron chi connectivity index (χ1n) is 3.90. The third-order valence-corrected chi connectivity index (χ3v) is 2.66. The summed E-state index contributed by atoms with van der Waals surface area (Å²) in [4.78, 5) is 4.05. The summed E-state index contributed by atoms with van der Waals surface area (Å²) in [6.07, 6.45) is 4.75. The van der Waals surface area contributed by atoms with Gasteiger partial charge >= 0.3 is 0 Å². The van der Waals surface area contributed by atoms with E-state index in [0.717, 1.165) is 12.1 Å². The summed E-state index contributed by atoms with van der Waals surface area (Å²) in [5, 5.41) is 0. The van der Waals surface area contributed by atoms with Crippen LogP contribution in [0.4, 0.5) is 0 Å². The Morgan fingerprint density at radius 2 is 2.45 bits per heavy atom. The molecular formula is C8H13N3. The van der Waals surface area contributed by atoms with Crippen LogP contribution in [0.3, 0.4) is 0 Å². The van der Waals surface area contributed by atoms with Crippen molar-refractivity contribution in [3.05, 3.63) is 18.2 Å². The highest BCUT2D eigenvalue weighted by atomic mass is 15.1. The van der Waals surface area contributed by atoms with E-state index >= 15 is 0 Å². The minimum atomic E-state index is -0.0781. The van der Waals surface area contributed by atoms with Crippen molar-refractivity contribution in [2.45, 2.75) is 18.9 Å². The van der Waals surface area contributed by atoms with Gasteiger partial charge in [0.1, 0.15) is 0 Å². The van der Waals surface area contributed by atoms with Crippen molar-refractivity contribution in [1.29, 1.82) is 0 Å². The third-order valence-electron chi connectivity index (χ3n) is 2.66. The third kappa shape index (κ3) is 0.807. The van der Waals surface area contributed by atoms with E-state index in [1.807, 2.05) is 17.8 Å². The average Bonchev–Trinajstić information content (AvgIpc) is 2.43. The van der Waals surface area contributed by atoms with Crippen molar-refractivity contribution in [3.63, 3.8) is 0 Å². The summed E-state index contributed by atoms with van der Waals surface area (Å²) < 4.78 is 2.00. The van der Waals surface area contributed by atoms with E-state index < -0.39 is 0 Å². The molecule has 2 atom stereocenters. The second kappa shape index (κ2) is 1.85. The lowest BCUT2D eigenvalue weighted by Crippen LogP contribution is -2.24. The minimum Gasteiger partial charge on any atom is -0.336 e. The molecule has 2 rings (SSSR count). The molecule has 0 radical (unpaired) electrons. The van der Waals surface area contributed by atoms with Crippen LogP contribution in [0.15, 0.2) is 12.5 Å². The van der Waals surface area contributed by atoms with Crippen LogP contribution >= 0.6 is 0 Å². The minimum absolute atomic E-state index is 0.0781. The fraction of sp³-hybridized carbons (Fsp3) is 0.625. The molecule has 0 amide bonds. The second-order valence-corrected chi connectivity index (χ2v) is 3.54. The highest BCUT2D eigenvalue weighted by molar-refractivity contribution is 5.23. The number of nitrogens with zero attached hydrogens (tertiary/aromatic N) is 2. The molecule has 1 saturated carbocycles. The molecule has 0 bridgehead atoms. The van der Waals surface area contributed by atoms with E-state index in [-0.39, 0.29) is 5.54 Å². The molecule has 3 heteroatoms. The van der Waals surface area contributed by atoms with Gasteiger partial charge in [0.25, 0.3) is 0 Å². The molecule has 3 nitrogen and oxygen atoms in total. The van der Waals surface area contributed by atoms with E-state index in [9.17, 15) is 0 Å². The van der Waals surface area contributed by atoms with E-state index in [4.69, 9.17) is 5.73 Å². The molecule has 0 spiro atoms. The molecule has 2 unspecified atom stereocenters. The molecule has 1 aromatic rings. The van der Waals surface area contributed by atoms with Crippen LogP contribution < -0.4 is 5.73 Å². The summed E-state index contributed by atoms with van der Waals surface area (Å²) in [7, 11) is 1.99. The number of rotatable bonds is 1. The lowest BCUT2D eigenvalue weighted by Gasteiger charge is -2.09. The van der Waals surface area contributed by atoms with Crippen molar-refractivity contribution in [2.24, 2.45) is 18.7 Å². The molecule has 0 saturated heterocycles. The van der Waals surface area contributed by atoms with Gasteiger partial charge in [0, 0.05) is 7.05 Å². The molecule has 1 aromatic heterocycles. The number of hydrogen-bond donors (Lipinski definition) is 1. The van der Waals surface area contributed by atoms with E-state index in [1.54, 1.807) is 6.33 Å². The quantitative estimate of drug-likeness (QED) is 0.639. The van der Waals surface area contributed by atoms with Gasteiger partial charge in [-0.1, -0.05) is 6.92 Å². The zero-order valence-electron chi connectivity index (χ0n) is 6.91. The van der Waals surface area contributed by atoms with Crippen molar-refractivity contribution in [2.75, 3.05) is 0 Å². The molecule has 60 valence electrons. The van der Waals surface area contributed by atoms with Gasteiger partial charge in [-0.2, -0.15) is 0 Å². The van der Waals surface area contributed by atoms with Gasteiger partial charge in [-0.05, 0) is 12.3 Å². The van der Waals surface area contributed by atoms with Gasteiger partial charge in [0.15, 0.2) is 0 Å². The maximum Gasteiger partial charge on any atom is 0.0946 e. The molecule has 0 aliphatic heterocycles. The first-order valence-corrected chi connectivity index (χ1v) is 3.90. The van der Waals surface area contributed by atoms with E-state index in [1.165, 1.54) is 0 Å². The highest BCUT2D eigenvalue weighted by Gasteiger charge is 2.50. The zero-order chi connectivity index (χ0) is 8.06. The van der Waals surface area contributed by atoms with Crippen molar-refractivity contribution in [1.82, 2.24) is 9.55 Å². The molecule has 1 aliphatic carbocycles. The normalized spacial score (nSPS) is 35.7. The van der Waals surface area contributed by atoms with Crippen molar-refractivity contribution < 1.29 is 0 Å². The smallest absolute Gasteiger partial charge is 0.0946 e. The van der Waals surface area contributed by atoms with Crippen LogP contribution in [0.2, 0.25) is 0 Å². The largest absolute Gasteiger partial charge is 0.336 e. The van der Waals surface area contributed by atoms with Gasteiger partial charge in [-0.25, -0.2) is 4.98 Å². The molecule has 2 N–H and O–H groups in total. The van der Waals surface area contributed by atoms with Crippen LogP contribution in [-0.4, -0.2) is 9.55 Å². The highest BCUT2D eigenvalue weighted by Crippen LogP contribution is 2.48. The molecule has 11 heavy (non-hydrogen) atoms. The van der Waals surface area contributed by atoms with Crippen LogP contribution in [0.25, 0.3) is 0 Å². The Labute approximate surface area is 66.2 Å². The van der Waals surface area contributed by atoms with E-state index in [2.05, 4.69) is 11.9 Å². The summed E-state index contributed by atoms with van der Waals surface area (Å²) in [6, 6.07) is 0. The fourth-order valence-electron chi connectivity index (χ4n) is 1.61. The fourth-order valence-corrected chi connectivity index (χ4v) is 1.61. The lowest BCUT2D eigenvalue weighted by atomic mass is 10.1. The molecule has 1 heterocycles. The van der Waals surface area contributed by atoms with Gasteiger partial charge in [0.05, 0.1) is 23.8 Å². The van der Waals surface area contributed by atoms with Crippen LogP contribution in [0, 0.1) is 5.92 Å².